The van der Waals surface area contributed by atoms with Crippen LogP contribution >= 0.6 is 12.2 Å². The molecule has 1 amide bonds. The van der Waals surface area contributed by atoms with E-state index in [1.165, 1.54) is 30.5 Å². The summed E-state index contributed by atoms with van der Waals surface area (Å²) in [6, 6.07) is 16.5. The van der Waals surface area contributed by atoms with E-state index in [-0.39, 0.29) is 12.5 Å². The predicted molar refractivity (Wildman–Crippen MR) is 127 cm³/mol. The van der Waals surface area contributed by atoms with Gasteiger partial charge in [-0.3, -0.25) is 14.5 Å². The van der Waals surface area contributed by atoms with E-state index in [9.17, 15) is 4.79 Å². The Morgan fingerprint density at radius 3 is 2.68 bits per heavy atom. The summed E-state index contributed by atoms with van der Waals surface area (Å²) in [6.45, 7) is 4.92. The van der Waals surface area contributed by atoms with E-state index in [0.717, 1.165) is 24.2 Å². The van der Waals surface area contributed by atoms with Crippen molar-refractivity contribution >= 4 is 23.8 Å². The molecule has 2 aromatic carbocycles. The normalized spacial score (nSPS) is 13.9. The Morgan fingerprint density at radius 1 is 1.13 bits per heavy atom. The largest absolute Gasteiger partial charge is 0.371 e. The average Bonchev–Trinajstić information content (AvgIpc) is 3.15. The molecule has 31 heavy (non-hydrogen) atoms. The van der Waals surface area contributed by atoms with E-state index in [4.69, 9.17) is 12.2 Å². The molecule has 7 heteroatoms. The summed E-state index contributed by atoms with van der Waals surface area (Å²) in [6.07, 6.45) is 3.75. The van der Waals surface area contributed by atoms with E-state index in [0.29, 0.717) is 17.1 Å². The summed E-state index contributed by atoms with van der Waals surface area (Å²) >= 11 is 5.41. The minimum atomic E-state index is -0.000139. The fourth-order valence-corrected chi connectivity index (χ4v) is 4.35. The Bertz CT molecular complexity index is 1110. The van der Waals surface area contributed by atoms with E-state index in [1.54, 1.807) is 9.47 Å². The van der Waals surface area contributed by atoms with Crippen LogP contribution in [0.25, 0.3) is 11.4 Å². The number of aromatic nitrogens is 3. The van der Waals surface area contributed by atoms with Gasteiger partial charge in [0.15, 0.2) is 10.6 Å². The van der Waals surface area contributed by atoms with Crippen molar-refractivity contribution in [3.63, 3.8) is 0 Å². The Hall–Kier alpha value is -2.93. The lowest BCUT2D eigenvalue weighted by Gasteiger charge is -2.31. The lowest BCUT2D eigenvalue weighted by Crippen LogP contribution is -2.33. The fraction of sp³-hybridized carbons (Fsp3) is 0.375. The Morgan fingerprint density at radius 2 is 1.90 bits per heavy atom. The number of piperidine rings is 1. The highest BCUT2D eigenvalue weighted by atomic mass is 32.1. The van der Waals surface area contributed by atoms with E-state index >= 15 is 0 Å². The number of hydrogen-bond donors (Lipinski definition) is 1. The van der Waals surface area contributed by atoms with Crippen LogP contribution in [0.3, 0.4) is 0 Å². The van der Waals surface area contributed by atoms with Gasteiger partial charge in [0.25, 0.3) is 0 Å². The number of para-hydroxylation sites is 1. The molecule has 0 atom stereocenters. The average molecular weight is 436 g/mol. The van der Waals surface area contributed by atoms with E-state index in [2.05, 4.69) is 33.3 Å². The molecule has 1 aliphatic rings. The van der Waals surface area contributed by atoms with Crippen LogP contribution in [-0.4, -0.2) is 45.7 Å². The Kier molecular flexibility index (Phi) is 6.51. The maximum Gasteiger partial charge on any atom is 0.242 e. The number of rotatable bonds is 6. The van der Waals surface area contributed by atoms with Gasteiger partial charge in [0.2, 0.25) is 5.91 Å². The number of H-pyrrole nitrogens is 1. The molecule has 0 unspecified atom stereocenters. The van der Waals surface area contributed by atoms with Gasteiger partial charge in [-0.1, -0.05) is 42.0 Å². The van der Waals surface area contributed by atoms with Gasteiger partial charge in [0, 0.05) is 37.9 Å². The third-order valence-corrected chi connectivity index (χ3v) is 6.16. The summed E-state index contributed by atoms with van der Waals surface area (Å²) in [4.78, 5) is 17.3. The standard InChI is InChI=1S/C24H29N5OS/c1-18-9-8-11-19(15-18)23-25-26-24(31)29(23)17-22(30)27(2)16-20-10-4-5-12-21(20)28-13-6-3-7-14-28/h4-5,8-12,15H,3,6-7,13-14,16-17H2,1-2H3,(H,26,31). The van der Waals surface area contributed by atoms with Crippen molar-refractivity contribution < 1.29 is 4.79 Å². The number of carbonyl (C=O) groups is 1. The van der Waals surface area contributed by atoms with Crippen molar-refractivity contribution in [1.29, 1.82) is 0 Å². The number of hydrogen-bond acceptors (Lipinski definition) is 4. The first kappa shape index (κ1) is 21.3. The zero-order chi connectivity index (χ0) is 21.8. The molecule has 3 aromatic rings. The van der Waals surface area contributed by atoms with Gasteiger partial charge in [0.1, 0.15) is 6.54 Å². The minimum absolute atomic E-state index is 0.000139. The van der Waals surface area contributed by atoms with Crippen molar-refractivity contribution in [1.82, 2.24) is 19.7 Å². The van der Waals surface area contributed by atoms with Crippen LogP contribution < -0.4 is 4.90 Å². The number of carbonyl (C=O) groups excluding carboxylic acids is 1. The summed E-state index contributed by atoms with van der Waals surface area (Å²) < 4.78 is 2.23. The highest BCUT2D eigenvalue weighted by Crippen LogP contribution is 2.25. The quantitative estimate of drug-likeness (QED) is 0.577. The van der Waals surface area contributed by atoms with Crippen molar-refractivity contribution in [3.8, 4) is 11.4 Å². The summed E-state index contributed by atoms with van der Waals surface area (Å²) in [5.74, 6) is 0.684. The zero-order valence-electron chi connectivity index (χ0n) is 18.2. The van der Waals surface area contributed by atoms with E-state index < -0.39 is 0 Å². The molecule has 0 spiro atoms. The van der Waals surface area contributed by atoms with Crippen molar-refractivity contribution in [2.75, 3.05) is 25.0 Å². The molecule has 1 fully saturated rings. The molecule has 1 N–H and O–H groups in total. The van der Waals surface area contributed by atoms with Gasteiger partial charge in [-0.25, -0.2) is 0 Å². The summed E-state index contributed by atoms with van der Waals surface area (Å²) in [7, 11) is 1.85. The third-order valence-electron chi connectivity index (χ3n) is 5.85. The van der Waals surface area contributed by atoms with Crippen molar-refractivity contribution in [2.45, 2.75) is 39.3 Å². The molecule has 0 bridgehead atoms. The second kappa shape index (κ2) is 9.47. The lowest BCUT2D eigenvalue weighted by molar-refractivity contribution is -0.131. The van der Waals surface area contributed by atoms with Gasteiger partial charge in [0.05, 0.1) is 0 Å². The highest BCUT2D eigenvalue weighted by molar-refractivity contribution is 7.71. The van der Waals surface area contributed by atoms with Crippen LogP contribution in [0, 0.1) is 11.7 Å². The van der Waals surface area contributed by atoms with Crippen LogP contribution in [0.1, 0.15) is 30.4 Å². The molecule has 1 saturated heterocycles. The molecule has 1 aromatic heterocycles. The first-order chi connectivity index (χ1) is 15.0. The van der Waals surface area contributed by atoms with Gasteiger partial charge in [-0.05, 0) is 56.1 Å². The van der Waals surface area contributed by atoms with Gasteiger partial charge < -0.3 is 9.80 Å². The zero-order valence-corrected chi connectivity index (χ0v) is 19.0. The number of likely N-dealkylation sites (N-methyl/N-ethyl adjacent to an activating group) is 1. The van der Waals surface area contributed by atoms with Crippen LogP contribution in [0.5, 0.6) is 0 Å². The van der Waals surface area contributed by atoms with Crippen molar-refractivity contribution in [2.24, 2.45) is 0 Å². The Balaban J connectivity index is 1.51. The second-order valence-electron chi connectivity index (χ2n) is 8.23. The summed E-state index contributed by atoms with van der Waals surface area (Å²) in [5, 5.41) is 7.21. The first-order valence-corrected chi connectivity index (χ1v) is 11.2. The van der Waals surface area contributed by atoms with Crippen LogP contribution in [0.4, 0.5) is 5.69 Å². The van der Waals surface area contributed by atoms with Crippen molar-refractivity contribution in [3.05, 3.63) is 64.4 Å². The molecule has 0 aliphatic carbocycles. The molecule has 6 nitrogen and oxygen atoms in total. The minimum Gasteiger partial charge on any atom is -0.371 e. The molecule has 162 valence electrons. The predicted octanol–water partition coefficient (Wildman–Crippen LogP) is 4.57. The Labute approximate surface area is 188 Å². The first-order valence-electron chi connectivity index (χ1n) is 10.8. The van der Waals surface area contributed by atoms with Crippen LogP contribution in [-0.2, 0) is 17.9 Å². The number of nitrogens with zero attached hydrogens (tertiary/aromatic N) is 4. The molecular formula is C24H29N5OS. The molecular weight excluding hydrogens is 406 g/mol. The van der Waals surface area contributed by atoms with Gasteiger partial charge in [-0.15, -0.1) is 0 Å². The third kappa shape index (κ3) is 4.88. The molecule has 2 heterocycles. The molecule has 0 saturated carbocycles. The number of benzene rings is 2. The fourth-order valence-electron chi connectivity index (χ4n) is 4.16. The number of amides is 1. The maximum atomic E-state index is 13.1. The maximum absolute atomic E-state index is 13.1. The molecule has 0 radical (unpaired) electrons. The summed E-state index contributed by atoms with van der Waals surface area (Å²) in [5.41, 5.74) is 4.49. The lowest BCUT2D eigenvalue weighted by atomic mass is 10.1. The molecule has 4 rings (SSSR count). The monoisotopic (exact) mass is 435 g/mol. The number of aromatic amines is 1. The van der Waals surface area contributed by atoms with Gasteiger partial charge in [-0.2, -0.15) is 5.10 Å². The van der Waals surface area contributed by atoms with Crippen LogP contribution in [0.2, 0.25) is 0 Å². The number of anilines is 1. The highest BCUT2D eigenvalue weighted by Gasteiger charge is 2.19. The van der Waals surface area contributed by atoms with Crippen LogP contribution in [0.15, 0.2) is 48.5 Å². The second-order valence-corrected chi connectivity index (χ2v) is 8.62. The van der Waals surface area contributed by atoms with Gasteiger partial charge >= 0.3 is 0 Å². The number of aryl methyl sites for hydroxylation is 1. The topological polar surface area (TPSA) is 57.2 Å². The SMILES string of the molecule is Cc1cccc(-c2n[nH]c(=S)n2CC(=O)N(C)Cc2ccccc2N2CCCCC2)c1. The number of nitrogens with one attached hydrogen (secondary N) is 1. The van der Waals surface area contributed by atoms with E-state index in [1.807, 2.05) is 44.3 Å². The smallest absolute Gasteiger partial charge is 0.242 e. The molecule has 1 aliphatic heterocycles.